The van der Waals surface area contributed by atoms with E-state index in [4.69, 9.17) is 0 Å². The molecule has 0 bridgehead atoms. The topological polar surface area (TPSA) is 63.4 Å². The highest BCUT2D eigenvalue weighted by atomic mass is 16.6. The first-order valence-corrected chi connectivity index (χ1v) is 5.61. The molecule has 1 heterocycles. The first kappa shape index (κ1) is 11.6. The molecular formula is C12H16N3O2+. The van der Waals surface area contributed by atoms with Gasteiger partial charge in [-0.25, -0.2) is 0 Å². The van der Waals surface area contributed by atoms with Gasteiger partial charge in [0.15, 0.2) is 0 Å². The van der Waals surface area contributed by atoms with E-state index in [0.717, 1.165) is 29.4 Å². The van der Waals surface area contributed by atoms with Crippen molar-refractivity contribution in [1.82, 2.24) is 4.98 Å². The molecule has 17 heavy (non-hydrogen) atoms. The Morgan fingerprint density at radius 3 is 2.82 bits per heavy atom. The number of aromatic amines is 1. The average Bonchev–Trinajstić information content (AvgIpc) is 2.68. The Morgan fingerprint density at radius 2 is 2.18 bits per heavy atom. The number of benzene rings is 1. The van der Waals surface area contributed by atoms with Gasteiger partial charge in [0.1, 0.15) is 0 Å². The maximum Gasteiger partial charge on any atom is 0.270 e. The quantitative estimate of drug-likeness (QED) is 0.606. The number of nitro groups is 1. The Hall–Kier alpha value is -1.88. The van der Waals surface area contributed by atoms with Crippen molar-refractivity contribution < 1.29 is 9.82 Å². The number of hydrogen-bond donors (Lipinski definition) is 2. The van der Waals surface area contributed by atoms with E-state index in [-0.39, 0.29) is 10.6 Å². The SMILES string of the molecule is C[NH+](C)CCc1c[nH]c2ccc([N+](=O)[O-])cc12. The molecule has 0 saturated heterocycles. The Labute approximate surface area is 99.2 Å². The lowest BCUT2D eigenvalue weighted by molar-refractivity contribution is -0.858. The van der Waals surface area contributed by atoms with Gasteiger partial charge in [-0.2, -0.15) is 0 Å². The smallest absolute Gasteiger partial charge is 0.270 e. The lowest BCUT2D eigenvalue weighted by Gasteiger charge is -2.05. The molecule has 0 aliphatic rings. The molecule has 2 aromatic rings. The predicted molar refractivity (Wildman–Crippen MR) is 66.3 cm³/mol. The normalized spacial score (nSPS) is 11.2. The van der Waals surface area contributed by atoms with Crippen LogP contribution in [0.25, 0.3) is 10.9 Å². The predicted octanol–water partition coefficient (Wildman–Crippen LogP) is 0.763. The minimum absolute atomic E-state index is 0.149. The first-order chi connectivity index (χ1) is 8.08. The van der Waals surface area contributed by atoms with Gasteiger partial charge in [-0.05, 0) is 11.6 Å². The summed E-state index contributed by atoms with van der Waals surface area (Å²) in [4.78, 5) is 14.9. The number of nitrogens with zero attached hydrogens (tertiary/aromatic N) is 1. The summed E-state index contributed by atoms with van der Waals surface area (Å²) >= 11 is 0. The lowest BCUT2D eigenvalue weighted by atomic mass is 10.1. The van der Waals surface area contributed by atoms with Gasteiger partial charge in [0.05, 0.1) is 25.6 Å². The molecule has 0 aliphatic carbocycles. The number of rotatable bonds is 4. The van der Waals surface area contributed by atoms with E-state index < -0.39 is 0 Å². The van der Waals surface area contributed by atoms with Gasteiger partial charge in [0.2, 0.25) is 0 Å². The second kappa shape index (κ2) is 4.55. The number of H-pyrrole nitrogens is 1. The summed E-state index contributed by atoms with van der Waals surface area (Å²) in [6.07, 6.45) is 2.86. The highest BCUT2D eigenvalue weighted by molar-refractivity contribution is 5.85. The zero-order valence-electron chi connectivity index (χ0n) is 9.99. The van der Waals surface area contributed by atoms with Gasteiger partial charge >= 0.3 is 0 Å². The van der Waals surface area contributed by atoms with E-state index in [1.54, 1.807) is 12.1 Å². The van der Waals surface area contributed by atoms with Gasteiger partial charge in [-0.1, -0.05) is 0 Å². The van der Waals surface area contributed by atoms with E-state index >= 15 is 0 Å². The summed E-state index contributed by atoms with van der Waals surface area (Å²) < 4.78 is 0. The molecule has 2 N–H and O–H groups in total. The van der Waals surface area contributed by atoms with Crippen LogP contribution in [0.15, 0.2) is 24.4 Å². The molecule has 0 fully saturated rings. The third-order valence-corrected chi connectivity index (χ3v) is 2.86. The van der Waals surface area contributed by atoms with Crippen molar-refractivity contribution >= 4 is 16.6 Å². The zero-order chi connectivity index (χ0) is 12.4. The van der Waals surface area contributed by atoms with E-state index in [1.807, 2.05) is 6.20 Å². The molecule has 0 spiro atoms. The van der Waals surface area contributed by atoms with Crippen LogP contribution in [0.5, 0.6) is 0 Å². The van der Waals surface area contributed by atoms with Crippen LogP contribution in [0.1, 0.15) is 5.56 Å². The summed E-state index contributed by atoms with van der Waals surface area (Å²) in [5, 5.41) is 11.7. The molecule has 1 aromatic heterocycles. The second-order valence-corrected chi connectivity index (χ2v) is 4.51. The molecule has 0 saturated carbocycles. The van der Waals surface area contributed by atoms with Crippen molar-refractivity contribution in [1.29, 1.82) is 0 Å². The summed E-state index contributed by atoms with van der Waals surface area (Å²) in [7, 11) is 4.19. The number of nitrogens with one attached hydrogen (secondary N) is 2. The number of aromatic nitrogens is 1. The molecule has 0 amide bonds. The number of likely N-dealkylation sites (N-methyl/N-ethyl adjacent to an activating group) is 1. The fraction of sp³-hybridized carbons (Fsp3) is 0.333. The maximum atomic E-state index is 10.7. The number of fused-ring (bicyclic) bond motifs is 1. The minimum Gasteiger partial charge on any atom is -0.361 e. The zero-order valence-corrected chi connectivity index (χ0v) is 9.99. The third kappa shape index (κ3) is 2.45. The molecular weight excluding hydrogens is 218 g/mol. The fourth-order valence-electron chi connectivity index (χ4n) is 1.87. The molecule has 90 valence electrons. The van der Waals surface area contributed by atoms with Gasteiger partial charge < -0.3 is 9.88 Å². The summed E-state index contributed by atoms with van der Waals surface area (Å²) in [6.45, 7) is 1.01. The highest BCUT2D eigenvalue weighted by Gasteiger charge is 2.10. The summed E-state index contributed by atoms with van der Waals surface area (Å²) in [6, 6.07) is 4.94. The van der Waals surface area contributed by atoms with Crippen molar-refractivity contribution in [3.63, 3.8) is 0 Å². The van der Waals surface area contributed by atoms with Crippen LogP contribution in [0, 0.1) is 10.1 Å². The monoisotopic (exact) mass is 234 g/mol. The van der Waals surface area contributed by atoms with Crippen LogP contribution in [0.4, 0.5) is 5.69 Å². The van der Waals surface area contributed by atoms with Crippen LogP contribution >= 0.6 is 0 Å². The molecule has 0 aliphatic heterocycles. The van der Waals surface area contributed by atoms with Crippen LogP contribution in [0.2, 0.25) is 0 Å². The number of nitro benzene ring substituents is 1. The van der Waals surface area contributed by atoms with Crippen LogP contribution in [-0.4, -0.2) is 30.5 Å². The molecule has 5 nitrogen and oxygen atoms in total. The Morgan fingerprint density at radius 1 is 1.41 bits per heavy atom. The van der Waals surface area contributed by atoms with Crippen LogP contribution in [0.3, 0.4) is 0 Å². The minimum atomic E-state index is -0.354. The van der Waals surface area contributed by atoms with Crippen LogP contribution in [-0.2, 0) is 6.42 Å². The molecule has 0 unspecified atom stereocenters. The van der Waals surface area contributed by atoms with E-state index in [1.165, 1.54) is 11.0 Å². The first-order valence-electron chi connectivity index (χ1n) is 5.61. The van der Waals surface area contributed by atoms with E-state index in [9.17, 15) is 10.1 Å². The summed E-state index contributed by atoms with van der Waals surface area (Å²) in [5.41, 5.74) is 2.25. The van der Waals surface area contributed by atoms with Crippen molar-refractivity contribution in [2.45, 2.75) is 6.42 Å². The standard InChI is InChI=1S/C12H15N3O2/c1-14(2)6-5-9-8-13-12-4-3-10(15(16)17)7-11(9)12/h3-4,7-8,13H,5-6H2,1-2H3/p+1. The number of quaternary nitrogens is 1. The van der Waals surface area contributed by atoms with Crippen molar-refractivity contribution in [2.75, 3.05) is 20.6 Å². The second-order valence-electron chi connectivity index (χ2n) is 4.51. The average molecular weight is 234 g/mol. The molecule has 1 aromatic carbocycles. The van der Waals surface area contributed by atoms with Gasteiger partial charge in [-0.15, -0.1) is 0 Å². The van der Waals surface area contributed by atoms with E-state index in [0.29, 0.717) is 0 Å². The number of hydrogen-bond acceptors (Lipinski definition) is 2. The van der Waals surface area contributed by atoms with Gasteiger partial charge in [0.25, 0.3) is 5.69 Å². The van der Waals surface area contributed by atoms with Crippen molar-refractivity contribution in [3.05, 3.63) is 40.1 Å². The maximum absolute atomic E-state index is 10.7. The third-order valence-electron chi connectivity index (χ3n) is 2.86. The molecule has 2 rings (SSSR count). The molecule has 0 radical (unpaired) electrons. The highest BCUT2D eigenvalue weighted by Crippen LogP contribution is 2.23. The van der Waals surface area contributed by atoms with Gasteiger partial charge in [-0.3, -0.25) is 10.1 Å². The van der Waals surface area contributed by atoms with Crippen molar-refractivity contribution in [2.24, 2.45) is 0 Å². The van der Waals surface area contributed by atoms with Crippen molar-refractivity contribution in [3.8, 4) is 0 Å². The van der Waals surface area contributed by atoms with Crippen LogP contribution < -0.4 is 4.90 Å². The van der Waals surface area contributed by atoms with Gasteiger partial charge in [0, 0.05) is 35.7 Å². The largest absolute Gasteiger partial charge is 0.361 e. The Balaban J connectivity index is 2.36. The molecule has 0 atom stereocenters. The Bertz CT molecular complexity index is 546. The molecule has 5 heteroatoms. The lowest BCUT2D eigenvalue weighted by Crippen LogP contribution is -3.05. The van der Waals surface area contributed by atoms with E-state index in [2.05, 4.69) is 19.1 Å². The fourth-order valence-corrected chi connectivity index (χ4v) is 1.87. The Kier molecular flexibility index (Phi) is 3.10. The number of non-ortho nitro benzene ring substituents is 1. The summed E-state index contributed by atoms with van der Waals surface area (Å²) in [5.74, 6) is 0.